The molecule has 3 heteroatoms. The Balaban J connectivity index is 0.000000490. The fourth-order valence-corrected chi connectivity index (χ4v) is 0.374. The number of hydrogen-bond acceptors (Lipinski definition) is 3. The maximum atomic E-state index is 3.87. The van der Waals surface area contributed by atoms with Crippen LogP contribution in [-0.2, 0) is 0 Å². The normalized spacial score (nSPS) is 7.62. The van der Waals surface area contributed by atoms with Gasteiger partial charge in [0.1, 0.15) is 5.82 Å². The highest BCUT2D eigenvalue weighted by atomic mass is 14.8. The third kappa shape index (κ3) is 1.66. The zero-order valence-electron chi connectivity index (χ0n) is 4.83. The van der Waals surface area contributed by atoms with E-state index in [0.29, 0.717) is 0 Å². The van der Waals surface area contributed by atoms with Gasteiger partial charge >= 0.3 is 0 Å². The minimum absolute atomic E-state index is 0. The molecule has 1 aromatic heterocycles. The first kappa shape index (κ1) is 7.04. The highest BCUT2D eigenvalue weighted by Gasteiger charge is 1.74. The van der Waals surface area contributed by atoms with Gasteiger partial charge in [0.15, 0.2) is 0 Å². The molecule has 8 heavy (non-hydrogen) atoms. The predicted molar refractivity (Wildman–Crippen MR) is 31.8 cm³/mol. The van der Waals surface area contributed by atoms with Gasteiger partial charge in [0.2, 0.25) is 0 Å². The zero-order valence-corrected chi connectivity index (χ0v) is 4.83. The third-order valence-corrected chi connectivity index (χ3v) is 0.695. The van der Waals surface area contributed by atoms with Crippen LogP contribution in [0.4, 0.5) is 0 Å². The minimum atomic E-state index is 0. The summed E-state index contributed by atoms with van der Waals surface area (Å²) in [6.07, 6.45) is 3.45. The second kappa shape index (κ2) is 3.10. The third-order valence-electron chi connectivity index (χ3n) is 0.695. The van der Waals surface area contributed by atoms with Crippen molar-refractivity contribution in [2.75, 3.05) is 0 Å². The van der Waals surface area contributed by atoms with Gasteiger partial charge in [-0.1, -0.05) is 0 Å². The Morgan fingerprint density at radius 2 is 1.75 bits per heavy atom. The van der Waals surface area contributed by atoms with E-state index in [9.17, 15) is 0 Å². The van der Waals surface area contributed by atoms with Crippen molar-refractivity contribution in [2.24, 2.45) is 0 Å². The molecular weight excluding hydrogens is 102 g/mol. The molecule has 0 saturated heterocycles. The van der Waals surface area contributed by atoms with E-state index in [4.69, 9.17) is 0 Å². The van der Waals surface area contributed by atoms with Crippen LogP contribution in [-0.4, -0.2) is 9.97 Å². The first-order valence-corrected chi connectivity index (χ1v) is 2.13. The molecule has 1 aromatic rings. The molecule has 0 atom stereocenters. The molecule has 1 rings (SSSR count). The highest BCUT2D eigenvalue weighted by Crippen LogP contribution is 1.78. The lowest BCUT2D eigenvalue weighted by Crippen LogP contribution is -1.80. The molecule has 0 fully saturated rings. The molecule has 0 aromatic carbocycles. The quantitative estimate of drug-likeness (QED) is 0.542. The number of rotatable bonds is 0. The van der Waals surface area contributed by atoms with Crippen molar-refractivity contribution in [3.05, 3.63) is 24.3 Å². The molecule has 0 saturated carbocycles. The average Bonchev–Trinajstić information content (AvgIpc) is 1.69. The van der Waals surface area contributed by atoms with Crippen molar-refractivity contribution < 1.29 is 0 Å². The van der Waals surface area contributed by atoms with Gasteiger partial charge < -0.3 is 6.15 Å². The SMILES string of the molecule is Cc1ncccn1.N. The van der Waals surface area contributed by atoms with Gasteiger partial charge in [-0.3, -0.25) is 0 Å². The van der Waals surface area contributed by atoms with Gasteiger partial charge in [0.25, 0.3) is 0 Å². The molecule has 0 unspecified atom stereocenters. The summed E-state index contributed by atoms with van der Waals surface area (Å²) in [6.45, 7) is 1.86. The zero-order chi connectivity index (χ0) is 5.11. The average molecular weight is 111 g/mol. The first-order chi connectivity index (χ1) is 3.39. The molecule has 0 aliphatic heterocycles. The Bertz CT molecular complexity index is 138. The summed E-state index contributed by atoms with van der Waals surface area (Å²) in [5, 5.41) is 0. The Hall–Kier alpha value is -0.960. The molecule has 3 N–H and O–H groups in total. The van der Waals surface area contributed by atoms with Crippen LogP contribution >= 0.6 is 0 Å². The van der Waals surface area contributed by atoms with Crippen LogP contribution < -0.4 is 6.15 Å². The van der Waals surface area contributed by atoms with Crippen molar-refractivity contribution in [1.82, 2.24) is 16.1 Å². The van der Waals surface area contributed by atoms with E-state index in [2.05, 4.69) is 9.97 Å². The Labute approximate surface area is 48.4 Å². The van der Waals surface area contributed by atoms with Crippen LogP contribution in [0.25, 0.3) is 0 Å². The highest BCUT2D eigenvalue weighted by molar-refractivity contribution is 4.83. The largest absolute Gasteiger partial charge is 0.344 e. The maximum Gasteiger partial charge on any atom is 0.125 e. The van der Waals surface area contributed by atoms with Crippen LogP contribution in [0, 0.1) is 6.92 Å². The van der Waals surface area contributed by atoms with Gasteiger partial charge in [-0.15, -0.1) is 0 Å². The fourth-order valence-electron chi connectivity index (χ4n) is 0.374. The van der Waals surface area contributed by atoms with Gasteiger partial charge in [-0.05, 0) is 13.0 Å². The Kier molecular flexibility index (Phi) is 2.72. The molecule has 0 spiro atoms. The monoisotopic (exact) mass is 111 g/mol. The van der Waals surface area contributed by atoms with Crippen molar-refractivity contribution in [3.63, 3.8) is 0 Å². The van der Waals surface area contributed by atoms with Gasteiger partial charge in [-0.2, -0.15) is 0 Å². The first-order valence-electron chi connectivity index (χ1n) is 2.13. The van der Waals surface area contributed by atoms with Crippen molar-refractivity contribution in [1.29, 1.82) is 0 Å². The van der Waals surface area contributed by atoms with Crippen molar-refractivity contribution in [2.45, 2.75) is 6.92 Å². The van der Waals surface area contributed by atoms with E-state index in [-0.39, 0.29) is 6.15 Å². The summed E-state index contributed by atoms with van der Waals surface area (Å²) in [6, 6.07) is 1.80. The van der Waals surface area contributed by atoms with Crippen molar-refractivity contribution >= 4 is 0 Å². The molecular formula is C5H9N3. The molecule has 0 aliphatic rings. The van der Waals surface area contributed by atoms with E-state index in [1.54, 1.807) is 18.5 Å². The van der Waals surface area contributed by atoms with E-state index >= 15 is 0 Å². The summed E-state index contributed by atoms with van der Waals surface area (Å²) < 4.78 is 0. The topological polar surface area (TPSA) is 60.8 Å². The van der Waals surface area contributed by atoms with Gasteiger partial charge in [0.05, 0.1) is 0 Å². The second-order valence-electron chi connectivity index (χ2n) is 1.30. The molecule has 0 aliphatic carbocycles. The lowest BCUT2D eigenvalue weighted by Gasteiger charge is -1.81. The number of hydrogen-bond donors (Lipinski definition) is 1. The van der Waals surface area contributed by atoms with E-state index in [1.807, 2.05) is 6.92 Å². The molecule has 1 heterocycles. The Morgan fingerprint density at radius 1 is 1.25 bits per heavy atom. The van der Waals surface area contributed by atoms with Gasteiger partial charge in [-0.25, -0.2) is 9.97 Å². The predicted octanol–water partition coefficient (Wildman–Crippen LogP) is 0.947. The molecule has 0 amide bonds. The summed E-state index contributed by atoms with van der Waals surface area (Å²) >= 11 is 0. The minimum Gasteiger partial charge on any atom is -0.344 e. The van der Waals surface area contributed by atoms with Crippen LogP contribution in [0.3, 0.4) is 0 Å². The summed E-state index contributed by atoms with van der Waals surface area (Å²) in [7, 11) is 0. The maximum absolute atomic E-state index is 3.87. The number of aryl methyl sites for hydroxylation is 1. The standard InChI is InChI=1S/C5H6N2.H3N/c1-5-6-3-2-4-7-5;/h2-4H,1H3;1H3. The Morgan fingerprint density at radius 3 is 2.00 bits per heavy atom. The summed E-state index contributed by atoms with van der Waals surface area (Å²) in [4.78, 5) is 7.74. The fraction of sp³-hybridized carbons (Fsp3) is 0.200. The number of aromatic nitrogens is 2. The van der Waals surface area contributed by atoms with Gasteiger partial charge in [0, 0.05) is 12.4 Å². The smallest absolute Gasteiger partial charge is 0.125 e. The molecule has 3 nitrogen and oxygen atoms in total. The molecule has 44 valence electrons. The lowest BCUT2D eigenvalue weighted by molar-refractivity contribution is 1.05. The van der Waals surface area contributed by atoms with E-state index in [0.717, 1.165) is 5.82 Å². The molecule has 0 bridgehead atoms. The van der Waals surface area contributed by atoms with Crippen LogP contribution in [0.5, 0.6) is 0 Å². The van der Waals surface area contributed by atoms with E-state index < -0.39 is 0 Å². The number of nitrogens with zero attached hydrogens (tertiary/aromatic N) is 2. The van der Waals surface area contributed by atoms with Crippen LogP contribution in [0.2, 0.25) is 0 Å². The second-order valence-corrected chi connectivity index (χ2v) is 1.30. The van der Waals surface area contributed by atoms with Crippen LogP contribution in [0.15, 0.2) is 18.5 Å². The summed E-state index contributed by atoms with van der Waals surface area (Å²) in [5.74, 6) is 0.822. The molecule has 0 radical (unpaired) electrons. The van der Waals surface area contributed by atoms with Crippen molar-refractivity contribution in [3.8, 4) is 0 Å². The van der Waals surface area contributed by atoms with Crippen LogP contribution in [0.1, 0.15) is 5.82 Å². The lowest BCUT2D eigenvalue weighted by atomic mass is 10.6. The van der Waals surface area contributed by atoms with E-state index in [1.165, 1.54) is 0 Å². The summed E-state index contributed by atoms with van der Waals surface area (Å²) in [5.41, 5.74) is 0.